The summed E-state index contributed by atoms with van der Waals surface area (Å²) in [5.41, 5.74) is 4.86. The molecular weight excluding hydrogens is 148 g/mol. The first kappa shape index (κ1) is 12.6. The second-order valence-electron chi connectivity index (χ2n) is 1.43. The topological polar surface area (TPSA) is 92.4 Å². The van der Waals surface area contributed by atoms with Crippen molar-refractivity contribution in [1.29, 1.82) is 0 Å². The molecule has 1 atom stereocenters. The maximum atomic E-state index is 10.3. The molecular formula is C6H14N2O3. The molecule has 66 valence electrons. The molecule has 5 nitrogen and oxygen atoms in total. The Morgan fingerprint density at radius 3 is 1.91 bits per heavy atom. The minimum Gasteiger partial charge on any atom is -0.480 e. The summed E-state index contributed by atoms with van der Waals surface area (Å²) in [6, 6.07) is -1.45. The van der Waals surface area contributed by atoms with Gasteiger partial charge in [0, 0.05) is 7.05 Å². The van der Waals surface area contributed by atoms with Crippen LogP contribution in [0.5, 0.6) is 0 Å². The van der Waals surface area contributed by atoms with Gasteiger partial charge in [-0.1, -0.05) is 13.8 Å². The van der Waals surface area contributed by atoms with Crippen LogP contribution >= 0.6 is 0 Å². The van der Waals surface area contributed by atoms with Gasteiger partial charge >= 0.3 is 5.97 Å². The number of carbonyl (C=O) groups excluding carboxylic acids is 1. The standard InChI is InChI=1S/C4H8N2O3.C2H6/c1-6-3(7)2(5)4(8)9;1-2/h2H,5H2,1H3,(H,6,7)(H,8,9);1-2H3. The molecule has 0 spiro atoms. The number of aliphatic carboxylic acids is 1. The lowest BCUT2D eigenvalue weighted by Gasteiger charge is -2.01. The van der Waals surface area contributed by atoms with E-state index >= 15 is 0 Å². The molecule has 1 amide bonds. The Morgan fingerprint density at radius 2 is 1.82 bits per heavy atom. The zero-order valence-electron chi connectivity index (χ0n) is 6.92. The molecule has 0 aliphatic carbocycles. The molecule has 5 heteroatoms. The van der Waals surface area contributed by atoms with E-state index in [0.29, 0.717) is 0 Å². The Morgan fingerprint density at radius 1 is 1.45 bits per heavy atom. The van der Waals surface area contributed by atoms with Gasteiger partial charge in [0.25, 0.3) is 0 Å². The molecule has 0 fully saturated rings. The summed E-state index contributed by atoms with van der Waals surface area (Å²) in [6.45, 7) is 4.00. The highest BCUT2D eigenvalue weighted by Crippen LogP contribution is 1.75. The number of carboxylic acid groups (broad SMARTS) is 1. The van der Waals surface area contributed by atoms with Crippen molar-refractivity contribution in [3.63, 3.8) is 0 Å². The number of likely N-dealkylation sites (N-methyl/N-ethyl adjacent to an activating group) is 1. The number of carbonyl (C=O) groups is 2. The largest absolute Gasteiger partial charge is 0.480 e. The molecule has 0 saturated carbocycles. The molecule has 0 bridgehead atoms. The van der Waals surface area contributed by atoms with Crippen molar-refractivity contribution >= 4 is 11.9 Å². The van der Waals surface area contributed by atoms with Gasteiger partial charge in [0.1, 0.15) is 0 Å². The monoisotopic (exact) mass is 162 g/mol. The van der Waals surface area contributed by atoms with E-state index in [1.807, 2.05) is 13.8 Å². The van der Waals surface area contributed by atoms with Gasteiger partial charge in [0.2, 0.25) is 5.91 Å². The fourth-order valence-corrected chi connectivity index (χ4v) is 0.268. The van der Waals surface area contributed by atoms with E-state index in [1.165, 1.54) is 7.05 Å². The quantitative estimate of drug-likeness (QED) is 0.462. The molecule has 0 saturated heterocycles. The summed E-state index contributed by atoms with van der Waals surface area (Å²) < 4.78 is 0. The lowest BCUT2D eigenvalue weighted by atomic mass is 10.3. The predicted octanol–water partition coefficient (Wildman–Crippen LogP) is -0.829. The summed E-state index contributed by atoms with van der Waals surface area (Å²) in [6.07, 6.45) is 0. The van der Waals surface area contributed by atoms with Gasteiger partial charge in [-0.25, -0.2) is 4.79 Å². The van der Waals surface area contributed by atoms with Crippen LogP contribution in [-0.2, 0) is 9.59 Å². The molecule has 0 aromatic heterocycles. The summed E-state index contributed by atoms with van der Waals surface area (Å²) in [7, 11) is 1.32. The third-order valence-corrected chi connectivity index (χ3v) is 0.795. The highest BCUT2D eigenvalue weighted by atomic mass is 16.4. The number of nitrogens with one attached hydrogen (secondary N) is 1. The summed E-state index contributed by atoms with van der Waals surface area (Å²) in [5, 5.41) is 10.2. The number of amides is 1. The zero-order chi connectivity index (χ0) is 9.44. The highest BCUT2D eigenvalue weighted by molar-refractivity contribution is 6.00. The molecule has 0 aliphatic rings. The minimum atomic E-state index is -1.45. The van der Waals surface area contributed by atoms with Crippen molar-refractivity contribution in [2.75, 3.05) is 7.05 Å². The lowest BCUT2D eigenvalue weighted by Crippen LogP contribution is -2.44. The molecule has 0 rings (SSSR count). The van der Waals surface area contributed by atoms with Crippen LogP contribution in [0.4, 0.5) is 0 Å². The van der Waals surface area contributed by atoms with Crippen LogP contribution in [0.15, 0.2) is 0 Å². The van der Waals surface area contributed by atoms with E-state index in [0.717, 1.165) is 0 Å². The van der Waals surface area contributed by atoms with Crippen LogP contribution in [0.25, 0.3) is 0 Å². The molecule has 0 aromatic rings. The van der Waals surface area contributed by atoms with E-state index in [4.69, 9.17) is 10.8 Å². The second-order valence-corrected chi connectivity index (χ2v) is 1.43. The van der Waals surface area contributed by atoms with E-state index in [9.17, 15) is 9.59 Å². The van der Waals surface area contributed by atoms with E-state index in [1.54, 1.807) is 0 Å². The van der Waals surface area contributed by atoms with Gasteiger partial charge in [0.05, 0.1) is 0 Å². The SMILES string of the molecule is CC.CNC(=O)C(N)C(=O)O. The fraction of sp³-hybridized carbons (Fsp3) is 0.667. The number of nitrogens with two attached hydrogens (primary N) is 1. The lowest BCUT2D eigenvalue weighted by molar-refractivity contribution is -0.142. The van der Waals surface area contributed by atoms with Gasteiger partial charge < -0.3 is 16.2 Å². The third kappa shape index (κ3) is 5.35. The summed E-state index contributed by atoms with van der Waals surface area (Å²) >= 11 is 0. The number of hydrogen-bond acceptors (Lipinski definition) is 3. The van der Waals surface area contributed by atoms with Crippen molar-refractivity contribution in [1.82, 2.24) is 5.32 Å². The minimum absolute atomic E-state index is 0.692. The molecule has 0 heterocycles. The molecule has 0 radical (unpaired) electrons. The van der Waals surface area contributed by atoms with Crippen molar-refractivity contribution < 1.29 is 14.7 Å². The van der Waals surface area contributed by atoms with Crippen molar-refractivity contribution in [2.45, 2.75) is 19.9 Å². The fourth-order valence-electron chi connectivity index (χ4n) is 0.268. The second kappa shape index (κ2) is 7.01. The first-order chi connectivity index (χ1) is 5.09. The van der Waals surface area contributed by atoms with Gasteiger partial charge in [-0.05, 0) is 0 Å². The highest BCUT2D eigenvalue weighted by Gasteiger charge is 2.18. The Balaban J connectivity index is 0. The van der Waals surface area contributed by atoms with Crippen molar-refractivity contribution in [3.05, 3.63) is 0 Å². The van der Waals surface area contributed by atoms with E-state index < -0.39 is 17.9 Å². The Bertz CT molecular complexity index is 136. The first-order valence-electron chi connectivity index (χ1n) is 3.29. The smallest absolute Gasteiger partial charge is 0.330 e. The third-order valence-electron chi connectivity index (χ3n) is 0.795. The number of carboxylic acids is 1. The maximum absolute atomic E-state index is 10.3. The Hall–Kier alpha value is -1.10. The van der Waals surface area contributed by atoms with Gasteiger partial charge in [-0.15, -0.1) is 0 Å². The van der Waals surface area contributed by atoms with Crippen molar-refractivity contribution in [2.24, 2.45) is 5.73 Å². The zero-order valence-corrected chi connectivity index (χ0v) is 6.92. The van der Waals surface area contributed by atoms with Crippen LogP contribution < -0.4 is 11.1 Å². The van der Waals surface area contributed by atoms with Gasteiger partial charge in [0.15, 0.2) is 6.04 Å². The normalized spacial score (nSPS) is 10.5. The van der Waals surface area contributed by atoms with Crippen LogP contribution in [0.2, 0.25) is 0 Å². The average Bonchev–Trinajstić information content (AvgIpc) is 2.05. The molecule has 11 heavy (non-hydrogen) atoms. The Kier molecular flexibility index (Phi) is 8.01. The summed E-state index contributed by atoms with van der Waals surface area (Å²) in [5.74, 6) is -2.02. The maximum Gasteiger partial charge on any atom is 0.330 e. The molecule has 1 unspecified atom stereocenters. The molecule has 0 aliphatic heterocycles. The first-order valence-corrected chi connectivity index (χ1v) is 3.29. The number of rotatable bonds is 2. The molecule has 0 aromatic carbocycles. The number of hydrogen-bond donors (Lipinski definition) is 3. The van der Waals surface area contributed by atoms with Crippen molar-refractivity contribution in [3.8, 4) is 0 Å². The predicted molar refractivity (Wildman–Crippen MR) is 41.0 cm³/mol. The van der Waals surface area contributed by atoms with Gasteiger partial charge in [-0.2, -0.15) is 0 Å². The Labute approximate surface area is 65.6 Å². The van der Waals surface area contributed by atoms with E-state index in [-0.39, 0.29) is 0 Å². The van der Waals surface area contributed by atoms with Crippen LogP contribution in [-0.4, -0.2) is 30.1 Å². The molecule has 4 N–H and O–H groups in total. The van der Waals surface area contributed by atoms with E-state index in [2.05, 4.69) is 5.32 Å². The van der Waals surface area contributed by atoms with Crippen LogP contribution in [0.1, 0.15) is 13.8 Å². The summed E-state index contributed by atoms with van der Waals surface area (Å²) in [4.78, 5) is 20.3. The van der Waals surface area contributed by atoms with Crippen LogP contribution in [0.3, 0.4) is 0 Å². The van der Waals surface area contributed by atoms with Gasteiger partial charge in [-0.3, -0.25) is 4.79 Å². The van der Waals surface area contributed by atoms with Crippen LogP contribution in [0, 0.1) is 0 Å². The average molecular weight is 162 g/mol.